The van der Waals surface area contributed by atoms with Gasteiger partial charge in [-0.05, 0) is 37.8 Å². The van der Waals surface area contributed by atoms with Crippen molar-refractivity contribution in [2.45, 2.75) is 50.8 Å². The largest absolute Gasteiger partial charge is 0.393 e. The standard InChI is InChI=1S/C23H27N5O3/c1-27(15-6-8-16(29)9-7-15)23(31)21-17-13-28(11-10-19(17)25-26-21)22(30)20-12-14-4-2-3-5-18(14)24-20/h2-5,12,15-16,24,29H,6-11,13H2,1H3,(H,25,26). The van der Waals surface area contributed by atoms with Gasteiger partial charge in [0.1, 0.15) is 5.69 Å². The van der Waals surface area contributed by atoms with Gasteiger partial charge in [-0.2, -0.15) is 5.10 Å². The van der Waals surface area contributed by atoms with Crippen molar-refractivity contribution in [1.29, 1.82) is 0 Å². The average molecular weight is 422 g/mol. The lowest BCUT2D eigenvalue weighted by atomic mass is 9.92. The maximum absolute atomic E-state index is 13.2. The second-order valence-electron chi connectivity index (χ2n) is 8.65. The number of benzene rings is 1. The summed E-state index contributed by atoms with van der Waals surface area (Å²) in [6.45, 7) is 0.936. The second-order valence-corrected chi connectivity index (χ2v) is 8.65. The maximum Gasteiger partial charge on any atom is 0.274 e. The minimum atomic E-state index is -0.262. The van der Waals surface area contributed by atoms with Gasteiger partial charge in [0.05, 0.1) is 12.6 Å². The number of hydrogen-bond acceptors (Lipinski definition) is 4. The first-order valence-electron chi connectivity index (χ1n) is 10.9. The second kappa shape index (κ2) is 7.85. The number of rotatable bonds is 3. The van der Waals surface area contributed by atoms with Crippen LogP contribution in [0, 0.1) is 0 Å². The van der Waals surface area contributed by atoms with E-state index in [4.69, 9.17) is 0 Å². The fourth-order valence-electron chi connectivity index (χ4n) is 4.78. The number of aliphatic hydroxyl groups is 1. The summed E-state index contributed by atoms with van der Waals surface area (Å²) < 4.78 is 0. The third-order valence-corrected chi connectivity index (χ3v) is 6.72. The van der Waals surface area contributed by atoms with Crippen LogP contribution in [0.2, 0.25) is 0 Å². The van der Waals surface area contributed by atoms with Crippen LogP contribution in [0.15, 0.2) is 30.3 Å². The van der Waals surface area contributed by atoms with Crippen LogP contribution in [0.25, 0.3) is 10.9 Å². The molecule has 3 heterocycles. The number of nitrogens with zero attached hydrogens (tertiary/aromatic N) is 3. The quantitative estimate of drug-likeness (QED) is 0.604. The lowest BCUT2D eigenvalue weighted by molar-refractivity contribution is 0.0560. The van der Waals surface area contributed by atoms with Crippen LogP contribution in [-0.4, -0.2) is 67.6 Å². The Morgan fingerprint density at radius 3 is 2.74 bits per heavy atom. The number of amides is 2. The zero-order valence-corrected chi connectivity index (χ0v) is 17.6. The van der Waals surface area contributed by atoms with Crippen molar-refractivity contribution >= 4 is 22.7 Å². The minimum Gasteiger partial charge on any atom is -0.393 e. The van der Waals surface area contributed by atoms with Crippen molar-refractivity contribution < 1.29 is 14.7 Å². The summed E-state index contributed by atoms with van der Waals surface area (Å²) in [5.74, 6) is -0.199. The van der Waals surface area contributed by atoms with Gasteiger partial charge in [0.15, 0.2) is 5.69 Å². The van der Waals surface area contributed by atoms with Crippen molar-refractivity contribution in [2.75, 3.05) is 13.6 Å². The van der Waals surface area contributed by atoms with Crippen LogP contribution in [0.4, 0.5) is 0 Å². The lowest BCUT2D eigenvalue weighted by Gasteiger charge is -2.33. The Morgan fingerprint density at radius 2 is 1.97 bits per heavy atom. The molecule has 8 heteroatoms. The highest BCUT2D eigenvalue weighted by molar-refractivity contribution is 5.98. The molecule has 162 valence electrons. The first-order valence-corrected chi connectivity index (χ1v) is 10.9. The van der Waals surface area contributed by atoms with E-state index in [-0.39, 0.29) is 24.0 Å². The summed E-state index contributed by atoms with van der Waals surface area (Å²) in [5, 5.41) is 18.1. The molecule has 3 aromatic rings. The van der Waals surface area contributed by atoms with Crippen LogP contribution < -0.4 is 0 Å². The van der Waals surface area contributed by atoms with Crippen LogP contribution in [0.1, 0.15) is 57.9 Å². The molecule has 0 atom stereocenters. The van der Waals surface area contributed by atoms with E-state index in [1.54, 1.807) is 9.80 Å². The Labute approximate surface area is 180 Å². The molecule has 2 aliphatic rings. The predicted molar refractivity (Wildman–Crippen MR) is 116 cm³/mol. The number of aromatic amines is 2. The fourth-order valence-corrected chi connectivity index (χ4v) is 4.78. The molecule has 2 amide bonds. The molecular weight excluding hydrogens is 394 g/mol. The van der Waals surface area contributed by atoms with Gasteiger partial charge in [-0.15, -0.1) is 0 Å². The van der Waals surface area contributed by atoms with E-state index in [1.165, 1.54) is 0 Å². The van der Waals surface area contributed by atoms with Gasteiger partial charge in [0.25, 0.3) is 11.8 Å². The number of aliphatic hydroxyl groups excluding tert-OH is 1. The Bertz CT molecular complexity index is 1090. The number of carbonyl (C=O) groups is 2. The normalized spacial score (nSPS) is 21.2. The molecule has 1 saturated carbocycles. The van der Waals surface area contributed by atoms with E-state index in [1.807, 2.05) is 37.4 Å². The third kappa shape index (κ3) is 3.61. The Morgan fingerprint density at radius 1 is 1.19 bits per heavy atom. The fraction of sp³-hybridized carbons (Fsp3) is 0.435. The first-order chi connectivity index (χ1) is 15.0. The predicted octanol–water partition coefficient (Wildman–Crippen LogP) is 2.46. The lowest BCUT2D eigenvalue weighted by Crippen LogP contribution is -2.41. The van der Waals surface area contributed by atoms with Crippen molar-refractivity contribution in [3.8, 4) is 0 Å². The SMILES string of the molecule is CN(C(=O)c1n[nH]c2c1CN(C(=O)c1cc3ccccc3[nH]1)CC2)C1CCC(O)CC1. The van der Waals surface area contributed by atoms with E-state index >= 15 is 0 Å². The molecule has 1 aliphatic carbocycles. The van der Waals surface area contributed by atoms with Gasteiger partial charge >= 0.3 is 0 Å². The van der Waals surface area contributed by atoms with Crippen LogP contribution in [0.3, 0.4) is 0 Å². The van der Waals surface area contributed by atoms with E-state index in [0.29, 0.717) is 43.7 Å². The molecule has 0 saturated heterocycles. The monoisotopic (exact) mass is 421 g/mol. The molecular formula is C23H27N5O3. The highest BCUT2D eigenvalue weighted by Crippen LogP contribution is 2.27. The number of aromatic nitrogens is 3. The highest BCUT2D eigenvalue weighted by Gasteiger charge is 2.32. The van der Waals surface area contributed by atoms with E-state index < -0.39 is 0 Å². The Balaban J connectivity index is 1.34. The van der Waals surface area contributed by atoms with Crippen molar-refractivity contribution in [3.05, 3.63) is 53.0 Å². The van der Waals surface area contributed by atoms with Gasteiger partial charge < -0.3 is 19.9 Å². The summed E-state index contributed by atoms with van der Waals surface area (Å²) in [6.07, 6.45) is 3.40. The molecule has 0 spiro atoms. The van der Waals surface area contributed by atoms with E-state index in [2.05, 4.69) is 15.2 Å². The minimum absolute atomic E-state index is 0.0731. The van der Waals surface area contributed by atoms with Gasteiger partial charge in [0.2, 0.25) is 0 Å². The van der Waals surface area contributed by atoms with Crippen LogP contribution in [-0.2, 0) is 13.0 Å². The molecule has 5 rings (SSSR count). The molecule has 3 N–H and O–H groups in total. The summed E-state index contributed by atoms with van der Waals surface area (Å²) in [7, 11) is 1.81. The number of carbonyl (C=O) groups excluding carboxylic acids is 2. The topological polar surface area (TPSA) is 105 Å². The molecule has 1 aromatic carbocycles. The van der Waals surface area contributed by atoms with Crippen molar-refractivity contribution in [3.63, 3.8) is 0 Å². The number of hydrogen-bond donors (Lipinski definition) is 3. The molecule has 1 fully saturated rings. The zero-order valence-electron chi connectivity index (χ0n) is 17.6. The maximum atomic E-state index is 13.2. The first kappa shape index (κ1) is 19.8. The Hall–Kier alpha value is -3.13. The van der Waals surface area contributed by atoms with Gasteiger partial charge in [-0.3, -0.25) is 14.7 Å². The van der Waals surface area contributed by atoms with Gasteiger partial charge in [0, 0.05) is 48.2 Å². The van der Waals surface area contributed by atoms with Crippen molar-refractivity contribution in [2.24, 2.45) is 0 Å². The molecule has 2 aromatic heterocycles. The molecule has 31 heavy (non-hydrogen) atoms. The molecule has 0 bridgehead atoms. The van der Waals surface area contributed by atoms with Crippen molar-refractivity contribution in [1.82, 2.24) is 25.0 Å². The zero-order chi connectivity index (χ0) is 21.5. The summed E-state index contributed by atoms with van der Waals surface area (Å²) in [6, 6.07) is 9.80. The molecule has 0 radical (unpaired) electrons. The average Bonchev–Trinajstić information content (AvgIpc) is 3.42. The number of para-hydroxylation sites is 1. The van der Waals surface area contributed by atoms with Gasteiger partial charge in [-0.1, -0.05) is 18.2 Å². The number of fused-ring (bicyclic) bond motifs is 2. The summed E-state index contributed by atoms with van der Waals surface area (Å²) in [5.41, 5.74) is 3.62. The van der Waals surface area contributed by atoms with Crippen LogP contribution >= 0.6 is 0 Å². The van der Waals surface area contributed by atoms with E-state index in [9.17, 15) is 14.7 Å². The smallest absolute Gasteiger partial charge is 0.274 e. The third-order valence-electron chi connectivity index (χ3n) is 6.72. The number of H-pyrrole nitrogens is 2. The molecule has 8 nitrogen and oxygen atoms in total. The Kier molecular flexibility index (Phi) is 5.02. The highest BCUT2D eigenvalue weighted by atomic mass is 16.3. The molecule has 0 unspecified atom stereocenters. The van der Waals surface area contributed by atoms with Crippen LogP contribution in [0.5, 0.6) is 0 Å². The van der Waals surface area contributed by atoms with Gasteiger partial charge in [-0.25, -0.2) is 0 Å². The summed E-state index contributed by atoms with van der Waals surface area (Å²) in [4.78, 5) is 33.1. The molecule has 1 aliphatic heterocycles. The number of nitrogens with one attached hydrogen (secondary N) is 2. The van der Waals surface area contributed by atoms with E-state index in [0.717, 1.165) is 35.0 Å². The summed E-state index contributed by atoms with van der Waals surface area (Å²) >= 11 is 0.